The Labute approximate surface area is 77.3 Å². The lowest BCUT2D eigenvalue weighted by molar-refractivity contribution is 0.0910. The smallest absolute Gasteiger partial charge is 0.288 e. The first-order valence-electron chi connectivity index (χ1n) is 4.36. The van der Waals surface area contributed by atoms with Gasteiger partial charge in [-0.1, -0.05) is 6.92 Å². The van der Waals surface area contributed by atoms with Crippen molar-refractivity contribution >= 4 is 5.91 Å². The summed E-state index contributed by atoms with van der Waals surface area (Å²) in [6.07, 6.45) is 2.34. The van der Waals surface area contributed by atoms with E-state index in [2.05, 4.69) is 10.3 Å². The highest BCUT2D eigenvalue weighted by Crippen LogP contribution is 2.02. The second-order valence-electron chi connectivity index (χ2n) is 3.03. The van der Waals surface area contributed by atoms with Gasteiger partial charge >= 0.3 is 0 Å². The van der Waals surface area contributed by atoms with Crippen LogP contribution in [0.1, 0.15) is 36.7 Å². The zero-order valence-corrected chi connectivity index (χ0v) is 8.13. The molecule has 0 aromatic carbocycles. The van der Waals surface area contributed by atoms with Crippen molar-refractivity contribution in [2.45, 2.75) is 33.2 Å². The van der Waals surface area contributed by atoms with Crippen molar-refractivity contribution in [2.75, 3.05) is 0 Å². The van der Waals surface area contributed by atoms with Crippen LogP contribution in [0.15, 0.2) is 10.6 Å². The van der Waals surface area contributed by atoms with Crippen LogP contribution in [0.2, 0.25) is 0 Å². The maximum absolute atomic E-state index is 11.4. The summed E-state index contributed by atoms with van der Waals surface area (Å²) >= 11 is 0. The molecule has 4 nitrogen and oxygen atoms in total. The number of rotatable bonds is 3. The van der Waals surface area contributed by atoms with E-state index in [9.17, 15) is 4.79 Å². The summed E-state index contributed by atoms with van der Waals surface area (Å²) in [5, 5.41) is 2.79. The van der Waals surface area contributed by atoms with E-state index in [4.69, 9.17) is 4.42 Å². The van der Waals surface area contributed by atoms with E-state index in [0.717, 1.165) is 6.42 Å². The topological polar surface area (TPSA) is 55.1 Å². The van der Waals surface area contributed by atoms with Crippen LogP contribution in [0, 0.1) is 6.92 Å². The van der Waals surface area contributed by atoms with Crippen LogP contribution < -0.4 is 5.32 Å². The number of carbonyl (C=O) groups is 1. The monoisotopic (exact) mass is 182 g/mol. The minimum absolute atomic E-state index is 0.165. The third-order valence-corrected chi connectivity index (χ3v) is 1.83. The molecule has 13 heavy (non-hydrogen) atoms. The van der Waals surface area contributed by atoms with Crippen molar-refractivity contribution in [2.24, 2.45) is 0 Å². The number of nitrogens with one attached hydrogen (secondary N) is 1. The van der Waals surface area contributed by atoms with Gasteiger partial charge in [-0.2, -0.15) is 0 Å². The molecule has 0 aliphatic heterocycles. The lowest BCUT2D eigenvalue weighted by Gasteiger charge is -2.08. The normalized spacial score (nSPS) is 12.5. The lowest BCUT2D eigenvalue weighted by Crippen LogP contribution is -2.31. The van der Waals surface area contributed by atoms with E-state index in [1.807, 2.05) is 13.8 Å². The third-order valence-electron chi connectivity index (χ3n) is 1.83. The summed E-state index contributed by atoms with van der Waals surface area (Å²) in [5.41, 5.74) is 0. The Morgan fingerprint density at radius 2 is 2.46 bits per heavy atom. The minimum Gasteiger partial charge on any atom is -0.436 e. The van der Waals surface area contributed by atoms with Crippen LogP contribution in [0.4, 0.5) is 0 Å². The molecule has 1 heterocycles. The highest BCUT2D eigenvalue weighted by molar-refractivity contribution is 5.91. The molecule has 72 valence electrons. The molecule has 0 bridgehead atoms. The van der Waals surface area contributed by atoms with Gasteiger partial charge in [-0.05, 0) is 13.3 Å². The predicted molar refractivity (Wildman–Crippen MR) is 48.5 cm³/mol. The van der Waals surface area contributed by atoms with E-state index in [0.29, 0.717) is 5.89 Å². The fourth-order valence-corrected chi connectivity index (χ4v) is 0.863. The Kier molecular flexibility index (Phi) is 3.06. The maximum atomic E-state index is 11.4. The van der Waals surface area contributed by atoms with Crippen molar-refractivity contribution in [1.82, 2.24) is 10.3 Å². The predicted octanol–water partition coefficient (Wildman–Crippen LogP) is 1.51. The van der Waals surface area contributed by atoms with E-state index >= 15 is 0 Å². The molecule has 4 heteroatoms. The molecule has 1 amide bonds. The second-order valence-corrected chi connectivity index (χ2v) is 3.03. The number of carbonyl (C=O) groups excluding carboxylic acids is 1. The van der Waals surface area contributed by atoms with Crippen LogP contribution >= 0.6 is 0 Å². The summed E-state index contributed by atoms with van der Waals surface area (Å²) in [6, 6.07) is 0.165. The van der Waals surface area contributed by atoms with Gasteiger partial charge in [0.05, 0.1) is 6.20 Å². The van der Waals surface area contributed by atoms with Crippen molar-refractivity contribution in [1.29, 1.82) is 0 Å². The first-order chi connectivity index (χ1) is 6.13. The number of oxazole rings is 1. The van der Waals surface area contributed by atoms with Crippen molar-refractivity contribution in [3.05, 3.63) is 17.8 Å². The van der Waals surface area contributed by atoms with Crippen molar-refractivity contribution < 1.29 is 9.21 Å². The highest BCUT2D eigenvalue weighted by Gasteiger charge is 2.12. The molecule has 1 rings (SSSR count). The quantitative estimate of drug-likeness (QED) is 0.770. The van der Waals surface area contributed by atoms with E-state index < -0.39 is 0 Å². The molecule has 0 spiro atoms. The fraction of sp³-hybridized carbons (Fsp3) is 0.556. The molecule has 0 aliphatic rings. The largest absolute Gasteiger partial charge is 0.436 e. The number of hydrogen-bond acceptors (Lipinski definition) is 3. The average molecular weight is 182 g/mol. The molecule has 1 aromatic heterocycles. The van der Waals surface area contributed by atoms with Crippen molar-refractivity contribution in [3.63, 3.8) is 0 Å². The Balaban J connectivity index is 2.58. The Hall–Kier alpha value is -1.32. The third kappa shape index (κ3) is 2.57. The number of aryl methyl sites for hydroxylation is 1. The van der Waals surface area contributed by atoms with Crippen LogP contribution in [-0.4, -0.2) is 16.9 Å². The van der Waals surface area contributed by atoms with E-state index in [-0.39, 0.29) is 17.7 Å². The summed E-state index contributed by atoms with van der Waals surface area (Å²) in [6.45, 7) is 5.66. The van der Waals surface area contributed by atoms with Gasteiger partial charge in [-0.25, -0.2) is 4.98 Å². The van der Waals surface area contributed by atoms with Crippen molar-refractivity contribution in [3.8, 4) is 0 Å². The first-order valence-corrected chi connectivity index (χ1v) is 4.36. The van der Waals surface area contributed by atoms with Gasteiger partial charge in [0.2, 0.25) is 5.76 Å². The standard InChI is InChI=1S/C9H14N2O2/c1-4-6(2)11-9(12)8-5-10-7(3)13-8/h5-6H,4H2,1-3H3,(H,11,12). The van der Waals surface area contributed by atoms with Gasteiger partial charge in [0.25, 0.3) is 5.91 Å². The molecular formula is C9H14N2O2. The average Bonchev–Trinajstić information content (AvgIpc) is 2.51. The molecule has 1 aromatic rings. The summed E-state index contributed by atoms with van der Waals surface area (Å²) in [4.78, 5) is 15.2. The Morgan fingerprint density at radius 3 is 2.92 bits per heavy atom. The van der Waals surface area contributed by atoms with E-state index in [1.54, 1.807) is 6.92 Å². The van der Waals surface area contributed by atoms with Crippen LogP contribution in [0.5, 0.6) is 0 Å². The molecular weight excluding hydrogens is 168 g/mol. The first kappa shape index (κ1) is 9.77. The molecule has 1 N–H and O–H groups in total. The number of aromatic nitrogens is 1. The highest BCUT2D eigenvalue weighted by atomic mass is 16.4. The van der Waals surface area contributed by atoms with Gasteiger partial charge in [0.1, 0.15) is 0 Å². The molecule has 0 radical (unpaired) electrons. The summed E-state index contributed by atoms with van der Waals surface area (Å²) in [5.74, 6) is 0.585. The SMILES string of the molecule is CCC(C)NC(=O)c1cnc(C)o1. The van der Waals surface area contributed by atoms with E-state index in [1.165, 1.54) is 6.20 Å². The number of amides is 1. The molecule has 0 aliphatic carbocycles. The Morgan fingerprint density at radius 1 is 1.77 bits per heavy atom. The lowest BCUT2D eigenvalue weighted by atomic mass is 10.2. The second kappa shape index (κ2) is 4.07. The molecule has 1 atom stereocenters. The summed E-state index contributed by atoms with van der Waals surface area (Å²) in [7, 11) is 0. The zero-order valence-electron chi connectivity index (χ0n) is 8.13. The molecule has 0 saturated carbocycles. The fourth-order valence-electron chi connectivity index (χ4n) is 0.863. The zero-order chi connectivity index (χ0) is 9.84. The van der Waals surface area contributed by atoms with Gasteiger partial charge in [-0.15, -0.1) is 0 Å². The molecule has 0 saturated heterocycles. The number of nitrogens with zero attached hydrogens (tertiary/aromatic N) is 1. The summed E-state index contributed by atoms with van der Waals surface area (Å²) < 4.78 is 5.07. The molecule has 1 unspecified atom stereocenters. The van der Waals surface area contributed by atoms with Gasteiger partial charge in [0.15, 0.2) is 5.89 Å². The van der Waals surface area contributed by atoms with Gasteiger partial charge in [-0.3, -0.25) is 4.79 Å². The van der Waals surface area contributed by atoms with Crippen LogP contribution in [0.25, 0.3) is 0 Å². The van der Waals surface area contributed by atoms with Crippen LogP contribution in [0.3, 0.4) is 0 Å². The molecule has 0 fully saturated rings. The van der Waals surface area contributed by atoms with Gasteiger partial charge in [0, 0.05) is 13.0 Å². The van der Waals surface area contributed by atoms with Gasteiger partial charge < -0.3 is 9.73 Å². The Bertz CT molecular complexity index is 294. The number of hydrogen-bond donors (Lipinski definition) is 1. The minimum atomic E-state index is -0.199. The maximum Gasteiger partial charge on any atom is 0.288 e. The van der Waals surface area contributed by atoms with Crippen LogP contribution in [-0.2, 0) is 0 Å².